The molecule has 4 N–H and O–H groups in total. The van der Waals surface area contributed by atoms with Crippen LogP contribution in [0.3, 0.4) is 0 Å². The molecule has 2 aromatic rings. The van der Waals surface area contributed by atoms with Gasteiger partial charge >= 0.3 is 0 Å². The van der Waals surface area contributed by atoms with Crippen molar-refractivity contribution in [3.8, 4) is 11.1 Å². The molecule has 1 aromatic heterocycles. The fourth-order valence-corrected chi connectivity index (χ4v) is 4.70. The Morgan fingerprint density at radius 1 is 1.15 bits per heavy atom. The smallest absolute Gasteiger partial charge is 0.264 e. The van der Waals surface area contributed by atoms with Crippen LogP contribution >= 0.6 is 0 Å². The molecule has 1 atom stereocenters. The first-order valence-electron chi connectivity index (χ1n) is 9.44. The monoisotopic (exact) mass is 353 g/mol. The molecule has 0 bridgehead atoms. The maximum absolute atomic E-state index is 13.0. The molecule has 0 radical (unpaired) electrons. The Kier molecular flexibility index (Phi) is 4.23. The summed E-state index contributed by atoms with van der Waals surface area (Å²) in [5, 5.41) is 0. The van der Waals surface area contributed by atoms with Gasteiger partial charge in [0.1, 0.15) is 5.82 Å². The van der Waals surface area contributed by atoms with Crippen LogP contribution in [0.2, 0.25) is 0 Å². The molecule has 0 unspecified atom stereocenters. The second-order valence-corrected chi connectivity index (χ2v) is 7.75. The number of hydrogen-bond acceptors (Lipinski definition) is 5. The average molecular weight is 353 g/mol. The first kappa shape index (κ1) is 17.1. The Morgan fingerprint density at radius 2 is 1.85 bits per heavy atom. The summed E-state index contributed by atoms with van der Waals surface area (Å²) in [6.45, 7) is 1.75. The lowest BCUT2D eigenvalue weighted by Crippen LogP contribution is -2.48. The van der Waals surface area contributed by atoms with Crippen LogP contribution in [0, 0.1) is 5.41 Å². The zero-order chi connectivity index (χ0) is 18.3. The first-order chi connectivity index (χ1) is 12.5. The third-order valence-electron chi connectivity index (χ3n) is 6.38. The van der Waals surface area contributed by atoms with E-state index in [-0.39, 0.29) is 11.0 Å². The van der Waals surface area contributed by atoms with Gasteiger partial charge < -0.3 is 16.4 Å². The molecule has 1 saturated carbocycles. The van der Waals surface area contributed by atoms with Crippen molar-refractivity contribution in [2.24, 2.45) is 18.2 Å². The highest BCUT2D eigenvalue weighted by Crippen LogP contribution is 2.45. The van der Waals surface area contributed by atoms with Crippen molar-refractivity contribution >= 4 is 11.8 Å². The fraction of sp³-hybridized carbons (Fsp3) is 0.500. The molecule has 1 aliphatic carbocycles. The minimum absolute atomic E-state index is 0.100. The molecule has 138 valence electrons. The Labute approximate surface area is 153 Å². The minimum Gasteiger partial charge on any atom is -0.383 e. The molecule has 2 fully saturated rings. The highest BCUT2D eigenvalue weighted by Gasteiger charge is 2.43. The number of nitrogens with zero attached hydrogens (tertiary/aromatic N) is 3. The van der Waals surface area contributed by atoms with Gasteiger partial charge in [0.25, 0.3) is 5.56 Å². The van der Waals surface area contributed by atoms with Crippen LogP contribution in [-0.4, -0.2) is 28.7 Å². The number of rotatable bonds is 2. The quantitative estimate of drug-likeness (QED) is 0.863. The fourth-order valence-electron chi connectivity index (χ4n) is 4.70. The number of piperidine rings is 1. The second kappa shape index (κ2) is 6.43. The topological polar surface area (TPSA) is 90.2 Å². The van der Waals surface area contributed by atoms with Crippen LogP contribution in [0.15, 0.2) is 35.1 Å². The Balaban J connectivity index is 1.64. The van der Waals surface area contributed by atoms with Crippen LogP contribution in [0.25, 0.3) is 11.1 Å². The van der Waals surface area contributed by atoms with Crippen LogP contribution in [-0.2, 0) is 7.05 Å². The van der Waals surface area contributed by atoms with E-state index in [2.05, 4.69) is 9.88 Å². The summed E-state index contributed by atoms with van der Waals surface area (Å²) < 4.78 is 1.63. The Hall–Kier alpha value is -2.34. The van der Waals surface area contributed by atoms with E-state index in [4.69, 9.17) is 11.5 Å². The number of aromatic nitrogens is 2. The molecule has 6 nitrogen and oxygen atoms in total. The Morgan fingerprint density at radius 3 is 2.46 bits per heavy atom. The van der Waals surface area contributed by atoms with Gasteiger partial charge in [-0.25, -0.2) is 0 Å². The SMILES string of the molecule is Cn1c(N2CCC3(CCC[C@H]3N)CC2)nc(N)c(-c2ccccc2)c1=O. The first-order valence-corrected chi connectivity index (χ1v) is 9.44. The maximum atomic E-state index is 13.0. The summed E-state index contributed by atoms with van der Waals surface area (Å²) in [5.41, 5.74) is 14.0. The molecular formula is C20H27N5O. The molecule has 2 heterocycles. The van der Waals surface area contributed by atoms with Crippen molar-refractivity contribution in [1.29, 1.82) is 0 Å². The summed E-state index contributed by atoms with van der Waals surface area (Å²) >= 11 is 0. The van der Waals surface area contributed by atoms with Gasteiger partial charge in [-0.3, -0.25) is 9.36 Å². The van der Waals surface area contributed by atoms with Gasteiger partial charge in [-0.15, -0.1) is 0 Å². The number of nitrogen functional groups attached to an aromatic ring is 1. The van der Waals surface area contributed by atoms with Crippen LogP contribution in [0.5, 0.6) is 0 Å². The highest BCUT2D eigenvalue weighted by atomic mass is 16.1. The molecule has 1 spiro atoms. The highest BCUT2D eigenvalue weighted by molar-refractivity contribution is 5.73. The van der Waals surface area contributed by atoms with Gasteiger partial charge in [0, 0.05) is 26.2 Å². The van der Waals surface area contributed by atoms with Crippen molar-refractivity contribution in [1.82, 2.24) is 9.55 Å². The number of benzene rings is 1. The standard InChI is InChI=1S/C20H27N5O/c1-24-18(26)16(14-6-3-2-4-7-14)17(22)23-19(24)25-12-10-20(11-13-25)9-5-8-15(20)21/h2-4,6-7,15H,5,8-13,21-22H2,1H3/t15-/m1/s1. The molecule has 4 rings (SSSR count). The van der Waals surface area contributed by atoms with E-state index < -0.39 is 0 Å². The lowest BCUT2D eigenvalue weighted by Gasteiger charge is -2.42. The summed E-state index contributed by atoms with van der Waals surface area (Å²) in [4.78, 5) is 19.7. The molecule has 6 heteroatoms. The van der Waals surface area contributed by atoms with E-state index in [9.17, 15) is 4.79 Å². The Bertz CT molecular complexity index is 852. The lowest BCUT2D eigenvalue weighted by molar-refractivity contribution is 0.196. The number of nitrogens with two attached hydrogens (primary N) is 2. The third kappa shape index (κ3) is 2.69. The normalized spacial score (nSPS) is 22.1. The molecule has 0 amide bonds. The van der Waals surface area contributed by atoms with Gasteiger partial charge in [0.15, 0.2) is 0 Å². The molecule has 2 aliphatic rings. The van der Waals surface area contributed by atoms with E-state index in [0.29, 0.717) is 23.4 Å². The molecular weight excluding hydrogens is 326 g/mol. The molecule has 1 saturated heterocycles. The zero-order valence-electron chi connectivity index (χ0n) is 15.3. The van der Waals surface area contributed by atoms with Gasteiger partial charge in [-0.05, 0) is 36.7 Å². The summed E-state index contributed by atoms with van der Waals surface area (Å²) in [7, 11) is 1.78. The van der Waals surface area contributed by atoms with Gasteiger partial charge in [-0.2, -0.15) is 4.98 Å². The number of hydrogen-bond donors (Lipinski definition) is 2. The summed E-state index contributed by atoms with van der Waals surface area (Å²) in [6, 6.07) is 9.81. The van der Waals surface area contributed by atoms with Crippen molar-refractivity contribution in [2.75, 3.05) is 23.7 Å². The lowest BCUT2D eigenvalue weighted by atomic mass is 9.74. The molecule has 1 aromatic carbocycles. The van der Waals surface area contributed by atoms with Crippen molar-refractivity contribution in [3.63, 3.8) is 0 Å². The van der Waals surface area contributed by atoms with Crippen molar-refractivity contribution < 1.29 is 0 Å². The van der Waals surface area contributed by atoms with Crippen molar-refractivity contribution in [3.05, 3.63) is 40.7 Å². The number of anilines is 2. The van der Waals surface area contributed by atoms with Crippen LogP contribution in [0.1, 0.15) is 32.1 Å². The zero-order valence-corrected chi connectivity index (χ0v) is 15.3. The largest absolute Gasteiger partial charge is 0.383 e. The minimum atomic E-state index is -0.100. The predicted octanol–water partition coefficient (Wildman–Crippen LogP) is 2.13. The van der Waals surface area contributed by atoms with E-state index in [1.54, 1.807) is 11.6 Å². The maximum Gasteiger partial charge on any atom is 0.264 e. The summed E-state index contributed by atoms with van der Waals surface area (Å²) in [6.07, 6.45) is 5.71. The second-order valence-electron chi connectivity index (χ2n) is 7.75. The average Bonchev–Trinajstić information content (AvgIpc) is 3.00. The van der Waals surface area contributed by atoms with E-state index in [0.717, 1.165) is 37.9 Å². The van der Waals surface area contributed by atoms with E-state index in [1.807, 2.05) is 30.3 Å². The van der Waals surface area contributed by atoms with E-state index in [1.165, 1.54) is 12.8 Å². The van der Waals surface area contributed by atoms with Gasteiger partial charge in [0.2, 0.25) is 5.95 Å². The van der Waals surface area contributed by atoms with E-state index >= 15 is 0 Å². The third-order valence-corrected chi connectivity index (χ3v) is 6.38. The van der Waals surface area contributed by atoms with Gasteiger partial charge in [0.05, 0.1) is 5.56 Å². The molecule has 26 heavy (non-hydrogen) atoms. The predicted molar refractivity (Wildman–Crippen MR) is 105 cm³/mol. The van der Waals surface area contributed by atoms with Crippen LogP contribution < -0.4 is 21.9 Å². The summed E-state index contributed by atoms with van der Waals surface area (Å²) in [5.74, 6) is 0.959. The van der Waals surface area contributed by atoms with Crippen molar-refractivity contribution in [2.45, 2.75) is 38.1 Å². The van der Waals surface area contributed by atoms with Gasteiger partial charge in [-0.1, -0.05) is 36.8 Å². The van der Waals surface area contributed by atoms with Crippen LogP contribution in [0.4, 0.5) is 11.8 Å². The molecule has 1 aliphatic heterocycles.